The number of carbonyl (C=O) groups is 2. The molecule has 0 aliphatic carbocycles. The lowest BCUT2D eigenvalue weighted by molar-refractivity contribution is -0.384. The van der Waals surface area contributed by atoms with Crippen LogP contribution in [0.5, 0.6) is 0 Å². The number of hydrogen-bond acceptors (Lipinski definition) is 5. The van der Waals surface area contributed by atoms with E-state index in [1.54, 1.807) is 0 Å². The van der Waals surface area contributed by atoms with Crippen molar-refractivity contribution in [2.45, 2.75) is 6.92 Å². The number of nitro groups is 1. The van der Waals surface area contributed by atoms with Crippen LogP contribution >= 0.6 is 0 Å². The predicted octanol–water partition coefficient (Wildman–Crippen LogP) is 1.10. The number of nitro benzene ring substituents is 1. The Kier molecular flexibility index (Phi) is 4.15. The van der Waals surface area contributed by atoms with Crippen LogP contribution in [-0.4, -0.2) is 23.4 Å². The van der Waals surface area contributed by atoms with E-state index in [4.69, 9.17) is 0 Å². The summed E-state index contributed by atoms with van der Waals surface area (Å²) in [6, 6.07) is 5.32. The molecule has 90 valence electrons. The molecule has 0 aliphatic heterocycles. The van der Waals surface area contributed by atoms with Gasteiger partial charge in [0.15, 0.2) is 6.61 Å². The van der Waals surface area contributed by atoms with Crippen molar-refractivity contribution < 1.29 is 19.2 Å². The second-order valence-corrected chi connectivity index (χ2v) is 3.13. The van der Waals surface area contributed by atoms with Crippen LogP contribution in [0, 0.1) is 10.1 Å². The Bertz CT molecular complexity index is 441. The minimum Gasteiger partial charge on any atom is -0.456 e. The molecule has 0 saturated heterocycles. The maximum atomic E-state index is 11.2. The highest BCUT2D eigenvalue weighted by Gasteiger charge is 2.07. The summed E-state index contributed by atoms with van der Waals surface area (Å²) in [7, 11) is 0. The summed E-state index contributed by atoms with van der Waals surface area (Å²) in [4.78, 5) is 31.5. The number of benzene rings is 1. The Morgan fingerprint density at radius 3 is 2.41 bits per heavy atom. The van der Waals surface area contributed by atoms with Crippen molar-refractivity contribution in [1.29, 1.82) is 0 Å². The number of nitrogens with one attached hydrogen (secondary N) is 1. The fraction of sp³-hybridized carbons (Fsp3) is 0.200. The molecule has 0 atom stereocenters. The zero-order valence-corrected chi connectivity index (χ0v) is 9.00. The molecule has 0 heterocycles. The van der Waals surface area contributed by atoms with Gasteiger partial charge in [0.1, 0.15) is 0 Å². The average molecular weight is 238 g/mol. The van der Waals surface area contributed by atoms with Gasteiger partial charge >= 0.3 is 5.97 Å². The Morgan fingerprint density at radius 1 is 1.35 bits per heavy atom. The number of carbonyl (C=O) groups excluding carboxylic acids is 2. The van der Waals surface area contributed by atoms with Gasteiger partial charge in [0.05, 0.1) is 4.92 Å². The zero-order chi connectivity index (χ0) is 12.8. The van der Waals surface area contributed by atoms with E-state index in [1.807, 2.05) is 0 Å². The van der Waals surface area contributed by atoms with Gasteiger partial charge in [0.2, 0.25) is 0 Å². The topological polar surface area (TPSA) is 98.5 Å². The maximum Gasteiger partial charge on any atom is 0.303 e. The van der Waals surface area contributed by atoms with E-state index in [1.165, 1.54) is 31.2 Å². The summed E-state index contributed by atoms with van der Waals surface area (Å²) < 4.78 is 4.48. The summed E-state index contributed by atoms with van der Waals surface area (Å²) in [5, 5.41) is 12.8. The van der Waals surface area contributed by atoms with E-state index in [0.717, 1.165) is 0 Å². The van der Waals surface area contributed by atoms with Gasteiger partial charge in [-0.15, -0.1) is 0 Å². The van der Waals surface area contributed by atoms with Crippen molar-refractivity contribution in [3.05, 3.63) is 34.4 Å². The number of amides is 1. The first-order chi connectivity index (χ1) is 7.99. The average Bonchev–Trinajstić information content (AvgIpc) is 2.27. The van der Waals surface area contributed by atoms with Crippen LogP contribution < -0.4 is 5.32 Å². The van der Waals surface area contributed by atoms with Crippen molar-refractivity contribution in [3.8, 4) is 0 Å². The molecule has 1 amide bonds. The van der Waals surface area contributed by atoms with Crippen LogP contribution in [0.1, 0.15) is 6.92 Å². The molecule has 0 aromatic heterocycles. The monoisotopic (exact) mass is 238 g/mol. The summed E-state index contributed by atoms with van der Waals surface area (Å²) in [6.45, 7) is 0.811. The van der Waals surface area contributed by atoms with E-state index in [2.05, 4.69) is 10.1 Å². The van der Waals surface area contributed by atoms with Crippen LogP contribution in [0.4, 0.5) is 11.4 Å². The van der Waals surface area contributed by atoms with Crippen molar-refractivity contribution in [1.82, 2.24) is 0 Å². The van der Waals surface area contributed by atoms with Gasteiger partial charge < -0.3 is 10.1 Å². The number of non-ortho nitro benzene ring substituents is 1. The van der Waals surface area contributed by atoms with Crippen molar-refractivity contribution in [2.24, 2.45) is 0 Å². The molecule has 0 bridgehead atoms. The largest absolute Gasteiger partial charge is 0.456 e. The second kappa shape index (κ2) is 5.59. The number of ether oxygens (including phenoxy) is 1. The summed E-state index contributed by atoms with van der Waals surface area (Å²) in [5.74, 6) is -1.06. The lowest BCUT2D eigenvalue weighted by Crippen LogP contribution is -2.19. The molecule has 1 aromatic carbocycles. The fourth-order valence-corrected chi connectivity index (χ4v) is 1.03. The molecule has 1 rings (SSSR count). The molecule has 7 heteroatoms. The molecular weight excluding hydrogens is 228 g/mol. The third kappa shape index (κ3) is 4.29. The van der Waals surface area contributed by atoms with Crippen LogP contribution in [0.15, 0.2) is 24.3 Å². The van der Waals surface area contributed by atoms with E-state index in [-0.39, 0.29) is 12.3 Å². The minimum absolute atomic E-state index is 0.0667. The molecule has 1 N–H and O–H groups in total. The van der Waals surface area contributed by atoms with Crippen LogP contribution in [-0.2, 0) is 14.3 Å². The summed E-state index contributed by atoms with van der Waals surface area (Å²) in [6.07, 6.45) is 0. The number of rotatable bonds is 4. The summed E-state index contributed by atoms with van der Waals surface area (Å²) in [5.41, 5.74) is 0.329. The standard InChI is InChI=1S/C10H10N2O5/c1-7(13)17-6-10(14)11-8-2-4-9(5-3-8)12(15)16/h2-5H,6H2,1H3,(H,11,14). The first-order valence-electron chi connectivity index (χ1n) is 4.66. The number of esters is 1. The van der Waals surface area contributed by atoms with E-state index >= 15 is 0 Å². The van der Waals surface area contributed by atoms with Gasteiger partial charge in [-0.3, -0.25) is 19.7 Å². The minimum atomic E-state index is -0.552. The lowest BCUT2D eigenvalue weighted by Gasteiger charge is -2.04. The first-order valence-corrected chi connectivity index (χ1v) is 4.66. The third-order valence-corrected chi connectivity index (χ3v) is 1.77. The van der Waals surface area contributed by atoms with Crippen LogP contribution in [0.25, 0.3) is 0 Å². The molecule has 0 unspecified atom stereocenters. The Hall–Kier alpha value is -2.44. The normalized spacial score (nSPS) is 9.47. The SMILES string of the molecule is CC(=O)OCC(=O)Nc1ccc([N+](=O)[O-])cc1. The highest BCUT2D eigenvalue weighted by molar-refractivity contribution is 5.92. The zero-order valence-electron chi connectivity index (χ0n) is 9.00. The van der Waals surface area contributed by atoms with Gasteiger partial charge in [-0.2, -0.15) is 0 Å². The van der Waals surface area contributed by atoms with Gasteiger partial charge in [0, 0.05) is 24.7 Å². The maximum absolute atomic E-state index is 11.2. The molecule has 1 aromatic rings. The molecule has 0 radical (unpaired) electrons. The smallest absolute Gasteiger partial charge is 0.303 e. The third-order valence-electron chi connectivity index (χ3n) is 1.77. The predicted molar refractivity (Wildman–Crippen MR) is 58.4 cm³/mol. The van der Waals surface area contributed by atoms with Gasteiger partial charge in [-0.05, 0) is 12.1 Å². The van der Waals surface area contributed by atoms with Gasteiger partial charge in [-0.25, -0.2) is 0 Å². The van der Waals surface area contributed by atoms with Crippen molar-refractivity contribution in [3.63, 3.8) is 0 Å². The molecule has 0 spiro atoms. The molecule has 0 saturated carbocycles. The number of nitrogens with zero attached hydrogens (tertiary/aromatic N) is 1. The van der Waals surface area contributed by atoms with Crippen LogP contribution in [0.3, 0.4) is 0 Å². The quantitative estimate of drug-likeness (QED) is 0.481. The Balaban J connectivity index is 2.54. The van der Waals surface area contributed by atoms with Crippen LogP contribution in [0.2, 0.25) is 0 Å². The highest BCUT2D eigenvalue weighted by atomic mass is 16.6. The van der Waals surface area contributed by atoms with E-state index in [0.29, 0.717) is 5.69 Å². The molecular formula is C10H10N2O5. The number of hydrogen-bond donors (Lipinski definition) is 1. The molecule has 0 fully saturated rings. The second-order valence-electron chi connectivity index (χ2n) is 3.13. The molecule has 0 aliphatic rings. The first kappa shape index (κ1) is 12.6. The van der Waals surface area contributed by atoms with Crippen molar-refractivity contribution >= 4 is 23.3 Å². The molecule has 7 nitrogen and oxygen atoms in total. The Morgan fingerprint density at radius 2 is 1.94 bits per heavy atom. The van der Waals surface area contributed by atoms with Gasteiger partial charge in [-0.1, -0.05) is 0 Å². The highest BCUT2D eigenvalue weighted by Crippen LogP contribution is 2.15. The number of anilines is 1. The van der Waals surface area contributed by atoms with Crippen molar-refractivity contribution in [2.75, 3.05) is 11.9 Å². The molecule has 17 heavy (non-hydrogen) atoms. The van der Waals surface area contributed by atoms with E-state index < -0.39 is 16.8 Å². The Labute approximate surface area is 96.5 Å². The fourth-order valence-electron chi connectivity index (χ4n) is 1.03. The lowest BCUT2D eigenvalue weighted by atomic mass is 10.3. The van der Waals surface area contributed by atoms with Gasteiger partial charge in [0.25, 0.3) is 11.6 Å². The summed E-state index contributed by atoms with van der Waals surface area (Å²) >= 11 is 0. The van der Waals surface area contributed by atoms with E-state index in [9.17, 15) is 19.7 Å².